The van der Waals surface area contributed by atoms with E-state index in [0.717, 1.165) is 10.5 Å². The van der Waals surface area contributed by atoms with Crippen molar-refractivity contribution < 1.29 is 14.6 Å². The van der Waals surface area contributed by atoms with Crippen LogP contribution in [0, 0.1) is 0 Å². The molecule has 0 atom stereocenters. The van der Waals surface area contributed by atoms with E-state index in [0.29, 0.717) is 17.2 Å². The van der Waals surface area contributed by atoms with Crippen molar-refractivity contribution >= 4 is 23.4 Å². The van der Waals surface area contributed by atoms with Gasteiger partial charge in [0.25, 0.3) is 0 Å². The van der Waals surface area contributed by atoms with Gasteiger partial charge in [0.05, 0.1) is 19.5 Å². The van der Waals surface area contributed by atoms with E-state index in [1.165, 1.54) is 11.8 Å². The molecule has 2 N–H and O–H groups in total. The van der Waals surface area contributed by atoms with Gasteiger partial charge in [0.15, 0.2) is 0 Å². The Kier molecular flexibility index (Phi) is 5.66. The lowest BCUT2D eigenvalue weighted by molar-refractivity contribution is -0.113. The minimum absolute atomic E-state index is 0.00437. The van der Waals surface area contributed by atoms with Crippen LogP contribution in [0.4, 0.5) is 5.69 Å². The maximum atomic E-state index is 11.9. The molecule has 2 rings (SSSR count). The van der Waals surface area contributed by atoms with E-state index in [1.54, 1.807) is 13.2 Å². The van der Waals surface area contributed by atoms with Crippen LogP contribution in [0.1, 0.15) is 5.56 Å². The van der Waals surface area contributed by atoms with E-state index in [2.05, 4.69) is 5.32 Å². The maximum absolute atomic E-state index is 11.9. The molecule has 5 heteroatoms. The molecule has 0 bridgehead atoms. The van der Waals surface area contributed by atoms with Crippen molar-refractivity contribution in [1.82, 2.24) is 0 Å². The first-order valence-corrected chi connectivity index (χ1v) is 7.46. The van der Waals surface area contributed by atoms with Crippen LogP contribution in [0.5, 0.6) is 5.75 Å². The number of thioether (sulfide) groups is 1. The van der Waals surface area contributed by atoms with E-state index in [4.69, 9.17) is 9.84 Å². The number of benzene rings is 2. The van der Waals surface area contributed by atoms with E-state index >= 15 is 0 Å². The number of hydrogen-bond acceptors (Lipinski definition) is 4. The zero-order valence-electron chi connectivity index (χ0n) is 11.7. The molecule has 0 spiro atoms. The van der Waals surface area contributed by atoms with Crippen LogP contribution >= 0.6 is 11.8 Å². The van der Waals surface area contributed by atoms with Crippen molar-refractivity contribution in [1.29, 1.82) is 0 Å². The lowest BCUT2D eigenvalue weighted by Crippen LogP contribution is -2.13. The molecule has 2 aromatic carbocycles. The van der Waals surface area contributed by atoms with E-state index in [1.807, 2.05) is 42.5 Å². The summed E-state index contributed by atoms with van der Waals surface area (Å²) in [6.07, 6.45) is 0. The van der Waals surface area contributed by atoms with Crippen molar-refractivity contribution in [3.8, 4) is 5.75 Å². The van der Waals surface area contributed by atoms with Gasteiger partial charge in [-0.3, -0.25) is 4.79 Å². The molecule has 1 amide bonds. The summed E-state index contributed by atoms with van der Waals surface area (Å²) in [7, 11) is 1.59. The molecular weight excluding hydrogens is 286 g/mol. The van der Waals surface area contributed by atoms with Crippen LogP contribution in [-0.4, -0.2) is 23.9 Å². The third kappa shape index (κ3) is 4.81. The maximum Gasteiger partial charge on any atom is 0.234 e. The predicted molar refractivity (Wildman–Crippen MR) is 84.7 cm³/mol. The molecule has 4 nitrogen and oxygen atoms in total. The highest BCUT2D eigenvalue weighted by molar-refractivity contribution is 8.00. The molecule has 0 heterocycles. The van der Waals surface area contributed by atoms with Gasteiger partial charge in [0.2, 0.25) is 5.91 Å². The second-order valence-electron chi connectivity index (χ2n) is 4.37. The zero-order chi connectivity index (χ0) is 15.1. The highest BCUT2D eigenvalue weighted by Crippen LogP contribution is 2.21. The van der Waals surface area contributed by atoms with Gasteiger partial charge in [-0.1, -0.05) is 18.2 Å². The second-order valence-corrected chi connectivity index (χ2v) is 5.42. The Labute approximate surface area is 128 Å². The molecule has 0 saturated heterocycles. The van der Waals surface area contributed by atoms with Gasteiger partial charge in [0.1, 0.15) is 5.75 Å². The molecule has 0 radical (unpaired) electrons. The third-order valence-electron chi connectivity index (χ3n) is 2.80. The number of amides is 1. The van der Waals surface area contributed by atoms with E-state index < -0.39 is 0 Å². The number of rotatable bonds is 6. The molecule has 0 aliphatic rings. The molecule has 0 aliphatic heterocycles. The Morgan fingerprint density at radius 1 is 1.24 bits per heavy atom. The zero-order valence-corrected chi connectivity index (χ0v) is 12.5. The summed E-state index contributed by atoms with van der Waals surface area (Å²) in [5.41, 5.74) is 1.55. The molecule has 0 unspecified atom stereocenters. The van der Waals surface area contributed by atoms with Gasteiger partial charge in [0, 0.05) is 16.6 Å². The molecule has 0 saturated carbocycles. The van der Waals surface area contributed by atoms with Crippen LogP contribution < -0.4 is 10.1 Å². The van der Waals surface area contributed by atoms with E-state index in [9.17, 15) is 4.79 Å². The highest BCUT2D eigenvalue weighted by Gasteiger charge is 2.05. The summed E-state index contributed by atoms with van der Waals surface area (Å²) in [6.45, 7) is 0.00437. The molecule has 0 aliphatic carbocycles. The molecule has 0 aromatic heterocycles. The number of aliphatic hydroxyl groups excluding tert-OH is 1. The molecule has 110 valence electrons. The Morgan fingerprint density at radius 3 is 2.81 bits per heavy atom. The Morgan fingerprint density at radius 2 is 2.05 bits per heavy atom. The number of aliphatic hydroxyl groups is 1. The van der Waals surface area contributed by atoms with Gasteiger partial charge in [-0.25, -0.2) is 0 Å². The van der Waals surface area contributed by atoms with Crippen molar-refractivity contribution in [3.63, 3.8) is 0 Å². The predicted octanol–water partition coefficient (Wildman–Crippen LogP) is 2.92. The molecule has 0 fully saturated rings. The summed E-state index contributed by atoms with van der Waals surface area (Å²) in [6, 6.07) is 14.8. The van der Waals surface area contributed by atoms with Crippen LogP contribution in [0.3, 0.4) is 0 Å². The minimum Gasteiger partial charge on any atom is -0.497 e. The average molecular weight is 303 g/mol. The monoisotopic (exact) mass is 303 g/mol. The Hall–Kier alpha value is -1.98. The number of nitrogens with one attached hydrogen (secondary N) is 1. The number of carbonyl (C=O) groups excluding carboxylic acids is 1. The summed E-state index contributed by atoms with van der Waals surface area (Å²) in [4.78, 5) is 12.9. The second kappa shape index (κ2) is 7.71. The van der Waals surface area contributed by atoms with Crippen LogP contribution in [-0.2, 0) is 11.4 Å². The van der Waals surface area contributed by atoms with Crippen LogP contribution in [0.25, 0.3) is 0 Å². The first-order chi connectivity index (χ1) is 10.2. The number of methoxy groups -OCH3 is 1. The minimum atomic E-state index is -0.0809. The van der Waals surface area contributed by atoms with Gasteiger partial charge in [-0.15, -0.1) is 11.8 Å². The third-order valence-corrected chi connectivity index (χ3v) is 3.80. The fourth-order valence-electron chi connectivity index (χ4n) is 1.78. The van der Waals surface area contributed by atoms with Crippen LogP contribution in [0.15, 0.2) is 53.4 Å². The van der Waals surface area contributed by atoms with Crippen molar-refractivity contribution in [3.05, 3.63) is 54.1 Å². The number of ether oxygens (including phenoxy) is 1. The topological polar surface area (TPSA) is 58.6 Å². The Bertz CT molecular complexity index is 616. The van der Waals surface area contributed by atoms with Crippen molar-refractivity contribution in [2.24, 2.45) is 0 Å². The first-order valence-electron chi connectivity index (χ1n) is 6.48. The molecular formula is C16H17NO3S. The SMILES string of the molecule is COc1cccc(NC(=O)CSc2cccc(CO)c2)c1. The molecule has 21 heavy (non-hydrogen) atoms. The largest absolute Gasteiger partial charge is 0.497 e. The summed E-state index contributed by atoms with van der Waals surface area (Å²) >= 11 is 1.43. The van der Waals surface area contributed by atoms with Crippen molar-refractivity contribution in [2.75, 3.05) is 18.2 Å². The molecule has 2 aromatic rings. The number of anilines is 1. The van der Waals surface area contributed by atoms with Gasteiger partial charge in [-0.2, -0.15) is 0 Å². The normalized spacial score (nSPS) is 10.2. The number of hydrogen-bond donors (Lipinski definition) is 2. The summed E-state index contributed by atoms with van der Waals surface area (Å²) < 4.78 is 5.11. The standard InChI is InChI=1S/C16H17NO3S/c1-20-14-6-3-5-13(9-14)17-16(19)11-21-15-7-2-4-12(8-15)10-18/h2-9,18H,10-11H2,1H3,(H,17,19). The van der Waals surface area contributed by atoms with Gasteiger partial charge >= 0.3 is 0 Å². The highest BCUT2D eigenvalue weighted by atomic mass is 32.2. The summed E-state index contributed by atoms with van der Waals surface area (Å²) in [5, 5.41) is 11.9. The lowest BCUT2D eigenvalue weighted by Gasteiger charge is -2.07. The quantitative estimate of drug-likeness (QED) is 0.806. The Balaban J connectivity index is 1.89. The van der Waals surface area contributed by atoms with Crippen molar-refractivity contribution in [2.45, 2.75) is 11.5 Å². The first kappa shape index (κ1) is 15.4. The van der Waals surface area contributed by atoms with Crippen LogP contribution in [0.2, 0.25) is 0 Å². The van der Waals surface area contributed by atoms with Gasteiger partial charge in [-0.05, 0) is 29.8 Å². The van der Waals surface area contributed by atoms with E-state index in [-0.39, 0.29) is 12.5 Å². The summed E-state index contributed by atoms with van der Waals surface area (Å²) in [5.74, 6) is 0.935. The lowest BCUT2D eigenvalue weighted by atomic mass is 10.2. The average Bonchev–Trinajstić information content (AvgIpc) is 2.53. The number of carbonyl (C=O) groups is 1. The fraction of sp³-hybridized carbons (Fsp3) is 0.188. The smallest absolute Gasteiger partial charge is 0.234 e. The van der Waals surface area contributed by atoms with Gasteiger partial charge < -0.3 is 15.2 Å². The fourth-order valence-corrected chi connectivity index (χ4v) is 2.56.